The average Bonchev–Trinajstić information content (AvgIpc) is 2.72. The largest absolute Gasteiger partial charge is 0.383 e. The number of methoxy groups -OCH3 is 1. The molecule has 0 bridgehead atoms. The number of piperidine rings is 1. The fourth-order valence-electron chi connectivity index (χ4n) is 3.60. The molecule has 1 aliphatic heterocycles. The van der Waals surface area contributed by atoms with Crippen LogP contribution in [0, 0.1) is 11.8 Å². The number of carbonyl (C=O) groups is 3. The van der Waals surface area contributed by atoms with E-state index in [1.54, 1.807) is 36.3 Å². The lowest BCUT2D eigenvalue weighted by Crippen LogP contribution is -2.54. The van der Waals surface area contributed by atoms with Gasteiger partial charge in [-0.1, -0.05) is 25.4 Å². The van der Waals surface area contributed by atoms with Gasteiger partial charge in [0.25, 0.3) is 5.91 Å². The Hall–Kier alpha value is -2.12. The highest BCUT2D eigenvalue weighted by Gasteiger charge is 2.34. The molecule has 0 spiro atoms. The van der Waals surface area contributed by atoms with E-state index in [9.17, 15) is 14.4 Å². The standard InChI is InChI=1S/C22H32ClN3O4/c1-15(2)14-19(27)25-20(21(28)24-10-13-30-3)16-8-11-26(12-9-16)22(29)17-4-6-18(23)7-5-17/h4-7,15-16,20H,8-14H2,1-3H3,(H,24,28)(H,25,27). The number of nitrogens with one attached hydrogen (secondary N) is 2. The molecule has 1 aromatic carbocycles. The first-order valence-corrected chi connectivity index (χ1v) is 10.8. The molecule has 0 saturated carbocycles. The van der Waals surface area contributed by atoms with E-state index < -0.39 is 6.04 Å². The number of rotatable bonds is 9. The van der Waals surface area contributed by atoms with Crippen molar-refractivity contribution in [1.29, 1.82) is 0 Å². The van der Waals surface area contributed by atoms with Crippen molar-refractivity contribution >= 4 is 29.3 Å². The van der Waals surface area contributed by atoms with Crippen LogP contribution in [0.5, 0.6) is 0 Å². The third kappa shape index (κ3) is 7.29. The van der Waals surface area contributed by atoms with Crippen LogP contribution < -0.4 is 10.6 Å². The molecule has 2 N–H and O–H groups in total. The smallest absolute Gasteiger partial charge is 0.253 e. The van der Waals surface area contributed by atoms with Gasteiger partial charge in [0, 0.05) is 43.8 Å². The first-order valence-electron chi connectivity index (χ1n) is 10.4. The summed E-state index contributed by atoms with van der Waals surface area (Å²) in [5, 5.41) is 6.34. The van der Waals surface area contributed by atoms with Crippen molar-refractivity contribution in [3.05, 3.63) is 34.9 Å². The zero-order chi connectivity index (χ0) is 22.1. The Balaban J connectivity index is 1.99. The van der Waals surface area contributed by atoms with Crippen molar-refractivity contribution in [2.75, 3.05) is 33.4 Å². The number of ether oxygens (including phenoxy) is 1. The molecule has 1 atom stereocenters. The first kappa shape index (κ1) is 24.2. The number of halogens is 1. The van der Waals surface area contributed by atoms with Crippen LogP contribution in [0.15, 0.2) is 24.3 Å². The van der Waals surface area contributed by atoms with E-state index in [-0.39, 0.29) is 29.6 Å². The zero-order valence-electron chi connectivity index (χ0n) is 17.9. The molecule has 1 saturated heterocycles. The Kier molecular flexibility index (Phi) is 9.59. The number of hydrogen-bond donors (Lipinski definition) is 2. The summed E-state index contributed by atoms with van der Waals surface area (Å²) in [6.07, 6.45) is 1.66. The fourth-order valence-corrected chi connectivity index (χ4v) is 3.72. The van der Waals surface area contributed by atoms with Gasteiger partial charge in [0.2, 0.25) is 11.8 Å². The predicted molar refractivity (Wildman–Crippen MR) is 116 cm³/mol. The second-order valence-electron chi connectivity index (χ2n) is 8.06. The second-order valence-corrected chi connectivity index (χ2v) is 8.50. The molecule has 1 aliphatic rings. The summed E-state index contributed by atoms with van der Waals surface area (Å²) in [5.74, 6) is -0.197. The number of hydrogen-bond acceptors (Lipinski definition) is 4. The van der Waals surface area contributed by atoms with Gasteiger partial charge in [0.15, 0.2) is 0 Å². The highest BCUT2D eigenvalue weighted by Crippen LogP contribution is 2.23. The zero-order valence-corrected chi connectivity index (χ0v) is 18.7. The molecule has 0 aliphatic carbocycles. The lowest BCUT2D eigenvalue weighted by atomic mass is 9.88. The molecule has 30 heavy (non-hydrogen) atoms. The van der Waals surface area contributed by atoms with Crippen LogP contribution in [0.3, 0.4) is 0 Å². The number of benzene rings is 1. The number of nitrogens with zero attached hydrogens (tertiary/aromatic N) is 1. The summed E-state index contributed by atoms with van der Waals surface area (Å²) in [6.45, 7) is 5.80. The molecule has 1 fully saturated rings. The maximum absolute atomic E-state index is 12.7. The fraction of sp³-hybridized carbons (Fsp3) is 0.591. The van der Waals surface area contributed by atoms with E-state index in [0.29, 0.717) is 56.1 Å². The third-order valence-corrected chi connectivity index (χ3v) is 5.44. The van der Waals surface area contributed by atoms with Gasteiger partial charge < -0.3 is 20.3 Å². The summed E-state index contributed by atoms with van der Waals surface area (Å²) in [4.78, 5) is 39.6. The van der Waals surface area contributed by atoms with E-state index in [2.05, 4.69) is 10.6 Å². The van der Waals surface area contributed by atoms with Gasteiger partial charge in [0.1, 0.15) is 6.04 Å². The van der Waals surface area contributed by atoms with Crippen LogP contribution in [0.25, 0.3) is 0 Å². The minimum atomic E-state index is -0.610. The van der Waals surface area contributed by atoms with Crippen molar-refractivity contribution in [2.45, 2.75) is 39.2 Å². The molecule has 166 valence electrons. The van der Waals surface area contributed by atoms with Gasteiger partial charge in [-0.15, -0.1) is 0 Å². The van der Waals surface area contributed by atoms with E-state index >= 15 is 0 Å². The summed E-state index contributed by atoms with van der Waals surface area (Å²) >= 11 is 5.90. The maximum Gasteiger partial charge on any atom is 0.253 e. The number of likely N-dealkylation sites (tertiary alicyclic amines) is 1. The predicted octanol–water partition coefficient (Wildman–Crippen LogP) is 2.49. The molecule has 0 radical (unpaired) electrons. The van der Waals surface area contributed by atoms with Gasteiger partial charge in [-0.05, 0) is 48.9 Å². The van der Waals surface area contributed by atoms with Gasteiger partial charge in [-0.25, -0.2) is 0 Å². The van der Waals surface area contributed by atoms with Gasteiger partial charge in [0.05, 0.1) is 6.61 Å². The second kappa shape index (κ2) is 11.9. The normalized spacial score (nSPS) is 15.7. The maximum atomic E-state index is 12.7. The van der Waals surface area contributed by atoms with E-state index in [1.165, 1.54) is 0 Å². The van der Waals surface area contributed by atoms with Crippen LogP contribution in [0.1, 0.15) is 43.5 Å². The third-order valence-electron chi connectivity index (χ3n) is 5.19. The Labute approximate surface area is 183 Å². The van der Waals surface area contributed by atoms with Crippen LogP contribution in [0.4, 0.5) is 0 Å². The van der Waals surface area contributed by atoms with Crippen LogP contribution in [-0.2, 0) is 14.3 Å². The van der Waals surface area contributed by atoms with Crippen LogP contribution in [0.2, 0.25) is 5.02 Å². The summed E-state index contributed by atoms with van der Waals surface area (Å²) in [6, 6.07) is 6.23. The molecule has 8 heteroatoms. The quantitative estimate of drug-likeness (QED) is 0.581. The van der Waals surface area contributed by atoms with E-state index in [4.69, 9.17) is 16.3 Å². The van der Waals surface area contributed by atoms with Crippen molar-refractivity contribution in [1.82, 2.24) is 15.5 Å². The summed E-state index contributed by atoms with van der Waals surface area (Å²) in [7, 11) is 1.57. The van der Waals surface area contributed by atoms with E-state index in [0.717, 1.165) is 0 Å². The lowest BCUT2D eigenvalue weighted by Gasteiger charge is -2.36. The monoisotopic (exact) mass is 437 g/mol. The highest BCUT2D eigenvalue weighted by molar-refractivity contribution is 6.30. The Bertz CT molecular complexity index is 716. The molecule has 2 rings (SSSR count). The minimum absolute atomic E-state index is 0.0297. The van der Waals surface area contributed by atoms with Gasteiger partial charge in [-0.2, -0.15) is 0 Å². The number of amides is 3. The molecule has 3 amide bonds. The van der Waals surface area contributed by atoms with Crippen molar-refractivity contribution < 1.29 is 19.1 Å². The van der Waals surface area contributed by atoms with Crippen molar-refractivity contribution in [3.63, 3.8) is 0 Å². The summed E-state index contributed by atoms with van der Waals surface area (Å²) in [5.41, 5.74) is 0.594. The average molecular weight is 438 g/mol. The van der Waals surface area contributed by atoms with Crippen LogP contribution >= 0.6 is 11.6 Å². The van der Waals surface area contributed by atoms with Crippen molar-refractivity contribution in [2.24, 2.45) is 11.8 Å². The molecule has 0 aromatic heterocycles. The Morgan fingerprint density at radius 2 is 1.80 bits per heavy atom. The SMILES string of the molecule is COCCNC(=O)C(NC(=O)CC(C)C)C1CCN(C(=O)c2ccc(Cl)cc2)CC1. The molecule has 1 aromatic rings. The summed E-state index contributed by atoms with van der Waals surface area (Å²) < 4.78 is 4.99. The highest BCUT2D eigenvalue weighted by atomic mass is 35.5. The number of carbonyl (C=O) groups excluding carboxylic acids is 3. The molecule has 7 nitrogen and oxygen atoms in total. The molecular weight excluding hydrogens is 406 g/mol. The van der Waals surface area contributed by atoms with Crippen molar-refractivity contribution in [3.8, 4) is 0 Å². The first-order chi connectivity index (χ1) is 14.3. The minimum Gasteiger partial charge on any atom is -0.383 e. The van der Waals surface area contributed by atoms with Gasteiger partial charge >= 0.3 is 0 Å². The molecule has 1 heterocycles. The van der Waals surface area contributed by atoms with E-state index in [1.807, 2.05) is 13.8 Å². The topological polar surface area (TPSA) is 87.7 Å². The Morgan fingerprint density at radius 3 is 2.37 bits per heavy atom. The molecule has 1 unspecified atom stereocenters. The van der Waals surface area contributed by atoms with Crippen LogP contribution in [-0.4, -0.2) is 62.0 Å². The molecular formula is C22H32ClN3O4. The van der Waals surface area contributed by atoms with Gasteiger partial charge in [-0.3, -0.25) is 14.4 Å². The lowest BCUT2D eigenvalue weighted by molar-refractivity contribution is -0.131. The Morgan fingerprint density at radius 1 is 1.17 bits per heavy atom.